The van der Waals surface area contributed by atoms with Gasteiger partial charge in [0.05, 0.1) is 11.8 Å². The number of pyridine rings is 1. The maximum absolute atomic E-state index is 12.1. The number of nitrogens with zero attached hydrogens (tertiary/aromatic N) is 1. The Balaban J connectivity index is 2.72. The fourth-order valence-electron chi connectivity index (χ4n) is 1.72. The van der Waals surface area contributed by atoms with E-state index in [9.17, 15) is 13.2 Å². The zero-order chi connectivity index (χ0) is 15.4. The molecule has 1 aromatic rings. The molecule has 112 valence electrons. The maximum Gasteiger partial charge on any atom is 0.255 e. The van der Waals surface area contributed by atoms with Crippen molar-refractivity contribution >= 4 is 21.7 Å². The number of nitrogens with one attached hydrogen (secondary N) is 3. The summed E-state index contributed by atoms with van der Waals surface area (Å²) in [5, 5.41) is 5.52. The summed E-state index contributed by atoms with van der Waals surface area (Å²) in [7, 11) is -1.66. The summed E-state index contributed by atoms with van der Waals surface area (Å²) in [5.41, 5.74) is -0.365. The summed E-state index contributed by atoms with van der Waals surface area (Å²) < 4.78 is 24.9. The lowest BCUT2D eigenvalue weighted by atomic mass is 10.1. The normalized spacial score (nSPS) is 12.0. The zero-order valence-corrected chi connectivity index (χ0v) is 12.8. The van der Waals surface area contributed by atoms with Gasteiger partial charge >= 0.3 is 0 Å². The summed E-state index contributed by atoms with van der Waals surface area (Å²) in [6.45, 7) is 3.55. The average molecular weight is 300 g/mol. The van der Waals surface area contributed by atoms with Crippen molar-refractivity contribution in [2.75, 3.05) is 25.2 Å². The number of hydrogen-bond acceptors (Lipinski definition) is 5. The molecule has 0 aliphatic carbocycles. The van der Waals surface area contributed by atoms with Crippen LogP contribution < -0.4 is 15.4 Å². The van der Waals surface area contributed by atoms with Gasteiger partial charge in [-0.2, -0.15) is 0 Å². The Morgan fingerprint density at radius 2 is 2.05 bits per heavy atom. The second kappa shape index (κ2) is 6.19. The van der Waals surface area contributed by atoms with Gasteiger partial charge in [0.15, 0.2) is 0 Å². The van der Waals surface area contributed by atoms with Gasteiger partial charge in [0.2, 0.25) is 10.0 Å². The van der Waals surface area contributed by atoms with Gasteiger partial charge in [-0.3, -0.25) is 4.79 Å². The zero-order valence-electron chi connectivity index (χ0n) is 12.0. The van der Waals surface area contributed by atoms with E-state index in [0.717, 1.165) is 6.26 Å². The number of rotatable bonds is 6. The van der Waals surface area contributed by atoms with Crippen LogP contribution in [0.5, 0.6) is 0 Å². The summed E-state index contributed by atoms with van der Waals surface area (Å²) in [6, 6.07) is 3.31. The maximum atomic E-state index is 12.1. The summed E-state index contributed by atoms with van der Waals surface area (Å²) in [6.07, 6.45) is 2.66. The molecule has 0 aliphatic heterocycles. The minimum Gasteiger partial charge on any atom is -0.372 e. The third-order valence-corrected chi connectivity index (χ3v) is 3.37. The Kier molecular flexibility index (Phi) is 5.07. The van der Waals surface area contributed by atoms with Crippen molar-refractivity contribution in [1.82, 2.24) is 15.0 Å². The van der Waals surface area contributed by atoms with Gasteiger partial charge in [0, 0.05) is 25.3 Å². The topological polar surface area (TPSA) is 100 Å². The third kappa shape index (κ3) is 5.14. The van der Waals surface area contributed by atoms with E-state index in [2.05, 4.69) is 20.3 Å². The van der Waals surface area contributed by atoms with Gasteiger partial charge in [-0.25, -0.2) is 18.1 Å². The quantitative estimate of drug-likeness (QED) is 0.696. The fraction of sp³-hybridized carbons (Fsp3) is 0.500. The first-order valence-electron chi connectivity index (χ1n) is 6.04. The molecule has 1 rings (SSSR count). The number of carbonyl (C=O) groups excluding carboxylic acids is 1. The van der Waals surface area contributed by atoms with E-state index in [4.69, 9.17) is 0 Å². The molecule has 7 nitrogen and oxygen atoms in total. The van der Waals surface area contributed by atoms with E-state index in [-0.39, 0.29) is 12.5 Å². The van der Waals surface area contributed by atoms with E-state index in [1.807, 2.05) is 0 Å². The van der Waals surface area contributed by atoms with Crippen LogP contribution in [0, 0.1) is 0 Å². The standard InChI is InChI=1S/C12H20N4O3S/c1-12(2,16-20(4,18)19)8-15-11(17)9-6-5-7-14-10(9)13-3/h5-7,16H,8H2,1-4H3,(H,13,14)(H,15,17). The summed E-state index contributed by atoms with van der Waals surface area (Å²) in [5.74, 6) is 0.157. The molecule has 20 heavy (non-hydrogen) atoms. The van der Waals surface area contributed by atoms with Crippen LogP contribution in [0.25, 0.3) is 0 Å². The molecule has 0 aliphatic rings. The number of anilines is 1. The van der Waals surface area contributed by atoms with Crippen molar-refractivity contribution in [3.8, 4) is 0 Å². The Hall–Kier alpha value is -1.67. The predicted molar refractivity (Wildman–Crippen MR) is 78.2 cm³/mol. The highest BCUT2D eigenvalue weighted by molar-refractivity contribution is 7.88. The van der Waals surface area contributed by atoms with E-state index in [1.54, 1.807) is 39.2 Å². The highest BCUT2D eigenvalue weighted by Gasteiger charge is 2.23. The van der Waals surface area contributed by atoms with Crippen LogP contribution in [0.3, 0.4) is 0 Å². The molecule has 0 bridgehead atoms. The molecular formula is C12H20N4O3S. The Morgan fingerprint density at radius 3 is 2.60 bits per heavy atom. The highest BCUT2D eigenvalue weighted by atomic mass is 32.2. The van der Waals surface area contributed by atoms with E-state index < -0.39 is 15.6 Å². The Labute approximate surface area is 119 Å². The lowest BCUT2D eigenvalue weighted by molar-refractivity contribution is 0.0945. The van der Waals surface area contributed by atoms with E-state index in [0.29, 0.717) is 11.4 Å². The predicted octanol–water partition coefficient (Wildman–Crippen LogP) is 0.181. The molecular weight excluding hydrogens is 280 g/mol. The number of carbonyl (C=O) groups is 1. The number of aromatic nitrogens is 1. The van der Waals surface area contributed by atoms with Crippen molar-refractivity contribution in [3.63, 3.8) is 0 Å². The second-order valence-electron chi connectivity index (χ2n) is 5.09. The number of hydrogen-bond donors (Lipinski definition) is 3. The van der Waals surface area contributed by atoms with Gasteiger partial charge in [-0.1, -0.05) is 0 Å². The molecule has 0 aromatic carbocycles. The molecule has 1 aromatic heterocycles. The summed E-state index contributed by atoms with van der Waals surface area (Å²) in [4.78, 5) is 16.1. The van der Waals surface area contributed by atoms with Crippen LogP contribution in [0.1, 0.15) is 24.2 Å². The summed E-state index contributed by atoms with van der Waals surface area (Å²) >= 11 is 0. The minimum absolute atomic E-state index is 0.164. The molecule has 8 heteroatoms. The lowest BCUT2D eigenvalue weighted by Gasteiger charge is -2.25. The van der Waals surface area contributed by atoms with Crippen molar-refractivity contribution in [1.29, 1.82) is 0 Å². The molecule has 0 spiro atoms. The lowest BCUT2D eigenvalue weighted by Crippen LogP contribution is -2.51. The first kappa shape index (κ1) is 16.4. The largest absolute Gasteiger partial charge is 0.372 e. The average Bonchev–Trinajstić information content (AvgIpc) is 2.33. The fourth-order valence-corrected chi connectivity index (χ4v) is 2.80. The molecule has 0 saturated carbocycles. The van der Waals surface area contributed by atoms with Crippen LogP contribution in [-0.4, -0.2) is 44.7 Å². The van der Waals surface area contributed by atoms with Gasteiger partial charge in [-0.15, -0.1) is 0 Å². The first-order chi connectivity index (χ1) is 9.14. The van der Waals surface area contributed by atoms with Gasteiger partial charge in [-0.05, 0) is 26.0 Å². The van der Waals surface area contributed by atoms with Gasteiger partial charge in [0.1, 0.15) is 5.82 Å². The van der Waals surface area contributed by atoms with Crippen LogP contribution in [-0.2, 0) is 10.0 Å². The molecule has 0 unspecified atom stereocenters. The van der Waals surface area contributed by atoms with E-state index in [1.165, 1.54) is 0 Å². The molecule has 1 heterocycles. The second-order valence-corrected chi connectivity index (χ2v) is 6.84. The SMILES string of the molecule is CNc1ncccc1C(=O)NCC(C)(C)NS(C)(=O)=O. The molecule has 0 fully saturated rings. The molecule has 1 amide bonds. The smallest absolute Gasteiger partial charge is 0.255 e. The van der Waals surface area contributed by atoms with Crippen LogP contribution in [0.2, 0.25) is 0 Å². The van der Waals surface area contributed by atoms with Crippen LogP contribution in [0.4, 0.5) is 5.82 Å². The van der Waals surface area contributed by atoms with Gasteiger partial charge < -0.3 is 10.6 Å². The molecule has 0 saturated heterocycles. The van der Waals surface area contributed by atoms with Crippen molar-refractivity contribution in [2.24, 2.45) is 0 Å². The first-order valence-corrected chi connectivity index (χ1v) is 7.94. The highest BCUT2D eigenvalue weighted by Crippen LogP contribution is 2.10. The monoisotopic (exact) mass is 300 g/mol. The number of sulfonamides is 1. The van der Waals surface area contributed by atoms with Crippen LogP contribution in [0.15, 0.2) is 18.3 Å². The van der Waals surface area contributed by atoms with Crippen LogP contribution >= 0.6 is 0 Å². The van der Waals surface area contributed by atoms with Crippen molar-refractivity contribution < 1.29 is 13.2 Å². The van der Waals surface area contributed by atoms with E-state index >= 15 is 0 Å². The molecule has 0 atom stereocenters. The number of amides is 1. The van der Waals surface area contributed by atoms with Gasteiger partial charge in [0.25, 0.3) is 5.91 Å². The minimum atomic E-state index is -3.33. The van der Waals surface area contributed by atoms with Crippen molar-refractivity contribution in [2.45, 2.75) is 19.4 Å². The Morgan fingerprint density at radius 1 is 1.40 bits per heavy atom. The van der Waals surface area contributed by atoms with Crippen molar-refractivity contribution in [3.05, 3.63) is 23.9 Å². The molecule has 3 N–H and O–H groups in total. The third-order valence-electron chi connectivity index (χ3n) is 2.44. The molecule has 0 radical (unpaired) electrons. The Bertz CT molecular complexity index is 584.